The van der Waals surface area contributed by atoms with E-state index < -0.39 is 0 Å². The van der Waals surface area contributed by atoms with Crippen LogP contribution in [0.5, 0.6) is 5.75 Å². The molecule has 0 unspecified atom stereocenters. The molecule has 1 amide bonds. The first kappa shape index (κ1) is 25.0. The Morgan fingerprint density at radius 2 is 1.66 bits per heavy atom. The Labute approximate surface area is 226 Å². The molecule has 1 heterocycles. The maximum atomic E-state index is 12.7. The average molecular weight is 521 g/mol. The van der Waals surface area contributed by atoms with Crippen LogP contribution in [-0.2, 0) is 6.61 Å². The molecule has 0 fully saturated rings. The molecular weight excluding hydrogens is 496 g/mol. The summed E-state index contributed by atoms with van der Waals surface area (Å²) in [6, 6.07) is 32.4. The molecule has 0 aliphatic heterocycles. The minimum absolute atomic E-state index is 0.321. The number of carbonyl (C=O) groups excluding carboxylic acids is 1. The Morgan fingerprint density at radius 3 is 2.37 bits per heavy atom. The lowest BCUT2D eigenvalue weighted by Gasteiger charge is -2.07. The van der Waals surface area contributed by atoms with E-state index in [0.717, 1.165) is 28.1 Å². The second-order valence-corrected chi connectivity index (χ2v) is 9.15. The molecule has 1 aromatic heterocycles. The van der Waals surface area contributed by atoms with Gasteiger partial charge < -0.3 is 4.74 Å². The number of amides is 1. The summed E-state index contributed by atoms with van der Waals surface area (Å²) in [6.07, 6.45) is 3.51. The van der Waals surface area contributed by atoms with Crippen molar-refractivity contribution in [2.75, 3.05) is 0 Å². The minimum Gasteiger partial charge on any atom is -0.489 e. The van der Waals surface area contributed by atoms with Gasteiger partial charge in [0.05, 0.1) is 11.9 Å². The van der Waals surface area contributed by atoms with Gasteiger partial charge in [-0.1, -0.05) is 71.8 Å². The third kappa shape index (κ3) is 6.17. The lowest BCUT2D eigenvalue weighted by Crippen LogP contribution is -2.17. The lowest BCUT2D eigenvalue weighted by molar-refractivity contribution is 0.0955. The van der Waals surface area contributed by atoms with E-state index in [1.54, 1.807) is 35.2 Å². The van der Waals surface area contributed by atoms with Crippen molar-refractivity contribution in [1.82, 2.24) is 15.2 Å². The number of ether oxygens (including phenoxy) is 1. The number of carbonyl (C=O) groups is 1. The number of nitrogens with one attached hydrogen (secondary N) is 1. The summed E-state index contributed by atoms with van der Waals surface area (Å²) in [5.74, 6) is 0.342. The van der Waals surface area contributed by atoms with E-state index in [2.05, 4.69) is 10.5 Å². The maximum absolute atomic E-state index is 12.7. The second kappa shape index (κ2) is 11.6. The van der Waals surface area contributed by atoms with E-state index >= 15 is 0 Å². The molecule has 38 heavy (non-hydrogen) atoms. The Morgan fingerprint density at radius 1 is 0.947 bits per heavy atom. The number of nitrogens with zero attached hydrogens (tertiary/aromatic N) is 3. The van der Waals surface area contributed by atoms with Gasteiger partial charge in [-0.05, 0) is 61.0 Å². The van der Waals surface area contributed by atoms with Crippen molar-refractivity contribution in [3.63, 3.8) is 0 Å². The van der Waals surface area contributed by atoms with E-state index in [0.29, 0.717) is 22.9 Å². The number of rotatable bonds is 8. The zero-order chi connectivity index (χ0) is 26.3. The number of para-hydroxylation sites is 1. The summed E-state index contributed by atoms with van der Waals surface area (Å²) in [5, 5.41) is 9.68. The van der Waals surface area contributed by atoms with Gasteiger partial charge in [-0.3, -0.25) is 4.79 Å². The molecule has 0 radical (unpaired) electrons. The zero-order valence-electron chi connectivity index (χ0n) is 20.7. The summed E-state index contributed by atoms with van der Waals surface area (Å²) >= 11 is 5.92. The molecule has 6 nitrogen and oxygen atoms in total. The van der Waals surface area contributed by atoms with Crippen LogP contribution in [0.1, 0.15) is 27.0 Å². The van der Waals surface area contributed by atoms with Crippen molar-refractivity contribution in [3.05, 3.63) is 137 Å². The number of aryl methyl sites for hydroxylation is 1. The van der Waals surface area contributed by atoms with Crippen molar-refractivity contribution in [3.8, 4) is 22.7 Å². The molecule has 0 spiro atoms. The van der Waals surface area contributed by atoms with Gasteiger partial charge in [-0.25, -0.2) is 10.1 Å². The van der Waals surface area contributed by atoms with Crippen LogP contribution in [0.3, 0.4) is 0 Å². The summed E-state index contributed by atoms with van der Waals surface area (Å²) in [5.41, 5.74) is 8.70. The van der Waals surface area contributed by atoms with Gasteiger partial charge in [-0.15, -0.1) is 0 Å². The molecular formula is C31H25ClN4O2. The van der Waals surface area contributed by atoms with Crippen LogP contribution >= 0.6 is 11.6 Å². The molecule has 0 bridgehead atoms. The zero-order valence-corrected chi connectivity index (χ0v) is 21.5. The Bertz CT molecular complexity index is 1540. The van der Waals surface area contributed by atoms with Crippen LogP contribution in [0.4, 0.5) is 0 Å². The highest BCUT2D eigenvalue weighted by atomic mass is 35.5. The number of benzene rings is 4. The summed E-state index contributed by atoms with van der Waals surface area (Å²) in [7, 11) is 0. The number of hydrogen-bond acceptors (Lipinski definition) is 4. The smallest absolute Gasteiger partial charge is 0.271 e. The summed E-state index contributed by atoms with van der Waals surface area (Å²) < 4.78 is 7.60. The normalized spacial score (nSPS) is 11.0. The predicted molar refractivity (Wildman–Crippen MR) is 151 cm³/mol. The Kier molecular flexibility index (Phi) is 7.62. The van der Waals surface area contributed by atoms with Crippen LogP contribution in [0, 0.1) is 6.92 Å². The SMILES string of the molecule is Cc1ccc(-c2nn(-c3ccccc3)cc2/C=N/NC(=O)c2ccc(OCc3ccc(Cl)cc3)cc2)cc1. The highest BCUT2D eigenvalue weighted by molar-refractivity contribution is 6.30. The number of hydrogen-bond donors (Lipinski definition) is 1. The van der Waals surface area contributed by atoms with Crippen LogP contribution in [0.25, 0.3) is 16.9 Å². The number of hydrazone groups is 1. The summed E-state index contributed by atoms with van der Waals surface area (Å²) in [4.78, 5) is 12.7. The number of halogens is 1. The van der Waals surface area contributed by atoms with Crippen LogP contribution < -0.4 is 10.2 Å². The molecule has 0 saturated heterocycles. The van der Waals surface area contributed by atoms with Gasteiger partial charge >= 0.3 is 0 Å². The second-order valence-electron chi connectivity index (χ2n) is 8.72. The standard InChI is InChI=1S/C31H25ClN4O2/c1-22-7-11-24(12-8-22)30-26(20-36(35-30)28-5-3-2-4-6-28)19-33-34-31(37)25-13-17-29(18-14-25)38-21-23-9-15-27(32)16-10-23/h2-20H,21H2,1H3,(H,34,37)/b33-19+. The monoisotopic (exact) mass is 520 g/mol. The fourth-order valence-corrected chi connectivity index (χ4v) is 3.93. The van der Waals surface area contributed by atoms with E-state index in [9.17, 15) is 4.79 Å². The molecule has 1 N–H and O–H groups in total. The van der Waals surface area contributed by atoms with Crippen LogP contribution in [-0.4, -0.2) is 21.9 Å². The first-order chi connectivity index (χ1) is 18.5. The first-order valence-corrected chi connectivity index (χ1v) is 12.5. The van der Waals surface area contributed by atoms with Crippen molar-refractivity contribution in [2.24, 2.45) is 5.10 Å². The maximum Gasteiger partial charge on any atom is 0.271 e. The molecule has 188 valence electrons. The Balaban J connectivity index is 1.27. The largest absolute Gasteiger partial charge is 0.489 e. The quantitative estimate of drug-likeness (QED) is 0.180. The fourth-order valence-electron chi connectivity index (χ4n) is 3.81. The third-order valence-electron chi connectivity index (χ3n) is 5.89. The van der Waals surface area contributed by atoms with E-state index in [1.165, 1.54) is 5.56 Å². The highest BCUT2D eigenvalue weighted by Crippen LogP contribution is 2.23. The van der Waals surface area contributed by atoms with Crippen molar-refractivity contribution < 1.29 is 9.53 Å². The Hall–Kier alpha value is -4.68. The molecule has 0 aliphatic carbocycles. The van der Waals surface area contributed by atoms with Gasteiger partial charge in [0, 0.05) is 27.9 Å². The predicted octanol–water partition coefficient (Wildman–Crippen LogP) is 6.84. The van der Waals surface area contributed by atoms with Crippen molar-refractivity contribution >= 4 is 23.7 Å². The van der Waals surface area contributed by atoms with Crippen molar-refractivity contribution in [1.29, 1.82) is 0 Å². The molecule has 5 rings (SSSR count). The van der Waals surface area contributed by atoms with Crippen molar-refractivity contribution in [2.45, 2.75) is 13.5 Å². The third-order valence-corrected chi connectivity index (χ3v) is 6.15. The highest BCUT2D eigenvalue weighted by Gasteiger charge is 2.12. The molecule has 4 aromatic carbocycles. The van der Waals surface area contributed by atoms with Gasteiger partial charge in [0.1, 0.15) is 18.1 Å². The van der Waals surface area contributed by atoms with Gasteiger partial charge in [0.25, 0.3) is 5.91 Å². The average Bonchev–Trinajstić information content (AvgIpc) is 3.38. The molecule has 5 aromatic rings. The van der Waals surface area contributed by atoms with Crippen LogP contribution in [0.2, 0.25) is 5.02 Å². The van der Waals surface area contributed by atoms with Gasteiger partial charge in [-0.2, -0.15) is 10.2 Å². The lowest BCUT2D eigenvalue weighted by atomic mass is 10.1. The molecule has 0 atom stereocenters. The van der Waals surface area contributed by atoms with E-state index in [-0.39, 0.29) is 5.91 Å². The van der Waals surface area contributed by atoms with Gasteiger partial charge in [0.15, 0.2) is 0 Å². The molecule has 7 heteroatoms. The minimum atomic E-state index is -0.321. The number of aromatic nitrogens is 2. The fraction of sp³-hybridized carbons (Fsp3) is 0.0645. The van der Waals surface area contributed by atoms with E-state index in [4.69, 9.17) is 21.4 Å². The topological polar surface area (TPSA) is 68.5 Å². The van der Waals surface area contributed by atoms with E-state index in [1.807, 2.05) is 92.0 Å². The summed E-state index contributed by atoms with van der Waals surface area (Å²) in [6.45, 7) is 2.45. The van der Waals surface area contributed by atoms with Gasteiger partial charge in [0.2, 0.25) is 0 Å². The molecule has 0 saturated carbocycles. The first-order valence-electron chi connectivity index (χ1n) is 12.1. The molecule has 0 aliphatic rings. The van der Waals surface area contributed by atoms with Crippen LogP contribution in [0.15, 0.2) is 114 Å².